The third-order valence-corrected chi connectivity index (χ3v) is 8.58. The largest absolute Gasteiger partial charge is 0.352 e. The van der Waals surface area contributed by atoms with Crippen LogP contribution in [0.25, 0.3) is 0 Å². The van der Waals surface area contributed by atoms with Crippen LogP contribution in [0.1, 0.15) is 38.3 Å². The van der Waals surface area contributed by atoms with E-state index >= 15 is 0 Å². The van der Waals surface area contributed by atoms with Gasteiger partial charge in [0.1, 0.15) is 12.6 Å². The second-order valence-electron chi connectivity index (χ2n) is 9.49. The third kappa shape index (κ3) is 7.75. The van der Waals surface area contributed by atoms with Crippen LogP contribution in [0.15, 0.2) is 77.7 Å². The molecule has 1 N–H and O–H groups in total. The maximum atomic E-state index is 14.0. The van der Waals surface area contributed by atoms with Crippen molar-refractivity contribution in [3.05, 3.63) is 94.0 Å². The molecule has 0 aliphatic rings. The first-order valence-electron chi connectivity index (χ1n) is 12.6. The Morgan fingerprint density at radius 1 is 0.949 bits per heavy atom. The summed E-state index contributed by atoms with van der Waals surface area (Å²) in [6.07, 6.45) is 0.333. The highest BCUT2D eigenvalue weighted by Gasteiger charge is 2.34. The van der Waals surface area contributed by atoms with E-state index in [4.69, 9.17) is 23.2 Å². The molecule has 0 saturated heterocycles. The van der Waals surface area contributed by atoms with Gasteiger partial charge in [-0.2, -0.15) is 0 Å². The molecule has 2 amide bonds. The Hall–Kier alpha value is -3.07. The van der Waals surface area contributed by atoms with Crippen molar-refractivity contribution < 1.29 is 18.0 Å². The number of sulfonamides is 1. The first-order valence-corrected chi connectivity index (χ1v) is 14.8. The van der Waals surface area contributed by atoms with Gasteiger partial charge in [0.15, 0.2) is 0 Å². The van der Waals surface area contributed by atoms with Crippen molar-refractivity contribution in [3.8, 4) is 0 Å². The van der Waals surface area contributed by atoms with E-state index < -0.39 is 28.5 Å². The van der Waals surface area contributed by atoms with E-state index in [1.54, 1.807) is 61.5 Å². The zero-order chi connectivity index (χ0) is 28.7. The normalized spacial score (nSPS) is 12.2. The summed E-state index contributed by atoms with van der Waals surface area (Å²) in [7, 11) is -4.15. The fourth-order valence-corrected chi connectivity index (χ4v) is 5.80. The highest BCUT2D eigenvalue weighted by atomic mass is 35.5. The van der Waals surface area contributed by atoms with Crippen molar-refractivity contribution in [2.45, 2.75) is 57.6 Å². The molecule has 1 atom stereocenters. The lowest BCUT2D eigenvalue weighted by Crippen LogP contribution is -2.53. The van der Waals surface area contributed by atoms with Crippen LogP contribution in [0, 0.1) is 6.92 Å². The quantitative estimate of drug-likeness (QED) is 0.305. The first-order chi connectivity index (χ1) is 18.4. The summed E-state index contributed by atoms with van der Waals surface area (Å²) in [6, 6.07) is 18.7. The van der Waals surface area contributed by atoms with Crippen molar-refractivity contribution in [3.63, 3.8) is 0 Å². The topological polar surface area (TPSA) is 86.8 Å². The van der Waals surface area contributed by atoms with Gasteiger partial charge in [0.05, 0.1) is 10.6 Å². The minimum Gasteiger partial charge on any atom is -0.352 e. The molecule has 0 fully saturated rings. The van der Waals surface area contributed by atoms with E-state index in [0.29, 0.717) is 16.5 Å². The Labute approximate surface area is 240 Å². The van der Waals surface area contributed by atoms with Gasteiger partial charge in [-0.15, -0.1) is 0 Å². The van der Waals surface area contributed by atoms with E-state index in [1.165, 1.54) is 23.1 Å². The van der Waals surface area contributed by atoms with Gasteiger partial charge in [0, 0.05) is 22.6 Å². The lowest BCUT2D eigenvalue weighted by molar-refractivity contribution is -0.140. The molecule has 0 aliphatic carbocycles. The SMILES string of the molecule is CCC(C(=O)NC(C)C)N(Cc1ccc(Cl)cc1)C(=O)CN(c1ccc(C)c(Cl)c1)S(=O)(=O)c1ccccc1. The van der Waals surface area contributed by atoms with Gasteiger partial charge in [0.2, 0.25) is 11.8 Å². The van der Waals surface area contributed by atoms with E-state index in [9.17, 15) is 18.0 Å². The fraction of sp³-hybridized carbons (Fsp3) is 0.310. The highest BCUT2D eigenvalue weighted by molar-refractivity contribution is 7.92. The number of hydrogen-bond donors (Lipinski definition) is 1. The number of carbonyl (C=O) groups is 2. The lowest BCUT2D eigenvalue weighted by Gasteiger charge is -2.33. The number of rotatable bonds is 11. The van der Waals surface area contributed by atoms with Gasteiger partial charge in [0.25, 0.3) is 10.0 Å². The van der Waals surface area contributed by atoms with Crippen LogP contribution in [0.3, 0.4) is 0 Å². The van der Waals surface area contributed by atoms with Crippen molar-refractivity contribution in [1.82, 2.24) is 10.2 Å². The number of aryl methyl sites for hydroxylation is 1. The molecule has 1 unspecified atom stereocenters. The zero-order valence-corrected chi connectivity index (χ0v) is 24.7. The van der Waals surface area contributed by atoms with Gasteiger partial charge >= 0.3 is 0 Å². The molecule has 0 aliphatic heterocycles. The Morgan fingerprint density at radius 2 is 1.59 bits per heavy atom. The Kier molecular flexibility index (Phi) is 10.4. The molecule has 0 bridgehead atoms. The number of halogens is 2. The van der Waals surface area contributed by atoms with Crippen LogP contribution < -0.4 is 9.62 Å². The summed E-state index contributed by atoms with van der Waals surface area (Å²) in [6.45, 7) is 6.85. The number of nitrogens with zero attached hydrogens (tertiary/aromatic N) is 2. The van der Waals surface area contributed by atoms with Crippen LogP contribution in [-0.4, -0.2) is 43.8 Å². The van der Waals surface area contributed by atoms with Crippen molar-refractivity contribution in [1.29, 1.82) is 0 Å². The molecule has 39 heavy (non-hydrogen) atoms. The maximum Gasteiger partial charge on any atom is 0.264 e. The molecule has 3 aromatic rings. The van der Waals surface area contributed by atoms with Crippen LogP contribution in [0.4, 0.5) is 5.69 Å². The maximum absolute atomic E-state index is 14.0. The molecular weight excluding hydrogens is 557 g/mol. The summed E-state index contributed by atoms with van der Waals surface area (Å²) in [5, 5.41) is 3.78. The molecule has 7 nitrogen and oxygen atoms in total. The number of amides is 2. The van der Waals surface area contributed by atoms with Crippen LogP contribution in [0.5, 0.6) is 0 Å². The van der Waals surface area contributed by atoms with Crippen molar-refractivity contribution >= 4 is 50.7 Å². The molecule has 0 aromatic heterocycles. The molecule has 0 saturated carbocycles. The van der Waals surface area contributed by atoms with Crippen molar-refractivity contribution in [2.24, 2.45) is 0 Å². The molecular formula is C29H33Cl2N3O4S. The van der Waals surface area contributed by atoms with E-state index in [-0.39, 0.29) is 29.1 Å². The van der Waals surface area contributed by atoms with Crippen LogP contribution in [0.2, 0.25) is 10.0 Å². The molecule has 0 spiro atoms. The molecule has 0 radical (unpaired) electrons. The summed E-state index contributed by atoms with van der Waals surface area (Å²) in [5.74, 6) is -0.849. The summed E-state index contributed by atoms with van der Waals surface area (Å²) >= 11 is 12.4. The second-order valence-corrected chi connectivity index (χ2v) is 12.2. The molecule has 208 valence electrons. The second kappa shape index (κ2) is 13.3. The number of anilines is 1. The predicted octanol–water partition coefficient (Wildman–Crippen LogP) is 5.83. The van der Waals surface area contributed by atoms with Crippen molar-refractivity contribution in [2.75, 3.05) is 10.8 Å². The van der Waals surface area contributed by atoms with E-state index in [1.807, 2.05) is 20.8 Å². The third-order valence-electron chi connectivity index (χ3n) is 6.14. The summed E-state index contributed by atoms with van der Waals surface area (Å²) in [5.41, 5.74) is 1.76. The number of carbonyl (C=O) groups excluding carboxylic acids is 2. The number of hydrogen-bond acceptors (Lipinski definition) is 4. The van der Waals surface area contributed by atoms with Gasteiger partial charge in [-0.05, 0) is 74.7 Å². The predicted molar refractivity (Wildman–Crippen MR) is 157 cm³/mol. The minimum atomic E-state index is -4.15. The Morgan fingerprint density at radius 3 is 2.15 bits per heavy atom. The smallest absolute Gasteiger partial charge is 0.264 e. The lowest BCUT2D eigenvalue weighted by atomic mass is 10.1. The highest BCUT2D eigenvalue weighted by Crippen LogP contribution is 2.28. The van der Waals surface area contributed by atoms with E-state index in [2.05, 4.69) is 5.32 Å². The number of nitrogens with one attached hydrogen (secondary N) is 1. The van der Waals surface area contributed by atoms with Crippen LogP contribution >= 0.6 is 23.2 Å². The molecule has 3 rings (SSSR count). The standard InChI is InChI=1S/C29H33Cl2N3O4S/c1-5-27(29(36)32-20(2)3)33(18-22-12-14-23(30)15-13-22)28(35)19-34(24-16-11-21(4)26(31)17-24)39(37,38)25-9-7-6-8-10-25/h6-17,20,27H,5,18-19H2,1-4H3,(H,32,36). The summed E-state index contributed by atoms with van der Waals surface area (Å²) in [4.78, 5) is 28.6. The monoisotopic (exact) mass is 589 g/mol. The van der Waals surface area contributed by atoms with Gasteiger partial charge in [-0.25, -0.2) is 8.42 Å². The van der Waals surface area contributed by atoms with Gasteiger partial charge in [-0.3, -0.25) is 13.9 Å². The van der Waals surface area contributed by atoms with Gasteiger partial charge in [-0.1, -0.05) is 66.5 Å². The first kappa shape index (κ1) is 30.5. The Bertz CT molecular complexity index is 1400. The Balaban J connectivity index is 2.07. The molecule has 3 aromatic carbocycles. The van der Waals surface area contributed by atoms with E-state index in [0.717, 1.165) is 15.4 Å². The molecule has 10 heteroatoms. The fourth-order valence-electron chi connectivity index (χ4n) is 4.07. The zero-order valence-electron chi connectivity index (χ0n) is 22.4. The summed E-state index contributed by atoms with van der Waals surface area (Å²) < 4.78 is 28.7. The average molecular weight is 591 g/mol. The van der Waals surface area contributed by atoms with Gasteiger partial charge < -0.3 is 10.2 Å². The number of benzene rings is 3. The average Bonchev–Trinajstić information content (AvgIpc) is 2.90. The van der Waals surface area contributed by atoms with Crippen LogP contribution in [-0.2, 0) is 26.2 Å². The minimum absolute atomic E-state index is 0.0309. The molecule has 0 heterocycles.